The number of rotatable bonds is 7. The van der Waals surface area contributed by atoms with Crippen molar-refractivity contribution in [3.05, 3.63) is 46.8 Å². The first kappa shape index (κ1) is 19.5. The molecule has 0 spiro atoms. The van der Waals surface area contributed by atoms with E-state index in [1.807, 2.05) is 28.9 Å². The van der Waals surface area contributed by atoms with E-state index in [2.05, 4.69) is 10.4 Å². The largest absolute Gasteiger partial charge is 0.497 e. The maximum Gasteiger partial charge on any atom is 0.359 e. The summed E-state index contributed by atoms with van der Waals surface area (Å²) < 4.78 is 12.4. The summed E-state index contributed by atoms with van der Waals surface area (Å²) in [5.41, 5.74) is 3.65. The number of nitrogens with zero attached hydrogens (tertiary/aromatic N) is 2. The third-order valence-electron chi connectivity index (χ3n) is 5.80. The minimum Gasteiger partial charge on any atom is -0.497 e. The summed E-state index contributed by atoms with van der Waals surface area (Å²) in [5, 5.41) is 7.67. The number of fused-ring (bicyclic) bond motifs is 1. The van der Waals surface area contributed by atoms with Crippen LogP contribution in [0.15, 0.2) is 24.3 Å². The molecule has 2 heterocycles. The fourth-order valence-corrected chi connectivity index (χ4v) is 4.43. The molecule has 2 aliphatic rings. The van der Waals surface area contributed by atoms with Crippen molar-refractivity contribution in [2.75, 3.05) is 13.7 Å². The monoisotopic (exact) mass is 397 g/mol. The summed E-state index contributed by atoms with van der Waals surface area (Å²) in [6.07, 6.45) is 4.12. The maximum atomic E-state index is 12.5. The number of ether oxygens (including phenoxy) is 2. The van der Waals surface area contributed by atoms with E-state index in [9.17, 15) is 9.59 Å². The Hall–Kier alpha value is -2.83. The van der Waals surface area contributed by atoms with Gasteiger partial charge in [0.15, 0.2) is 5.69 Å². The number of hydrogen-bond donors (Lipinski definition) is 1. The molecule has 1 N–H and O–H groups in total. The highest BCUT2D eigenvalue weighted by molar-refractivity contribution is 5.89. The lowest BCUT2D eigenvalue weighted by molar-refractivity contribution is -0.119. The summed E-state index contributed by atoms with van der Waals surface area (Å²) in [5.74, 6) is 1.00. The van der Waals surface area contributed by atoms with Crippen LogP contribution < -0.4 is 10.1 Å². The van der Waals surface area contributed by atoms with Crippen molar-refractivity contribution in [2.45, 2.75) is 51.6 Å². The van der Waals surface area contributed by atoms with E-state index in [1.165, 1.54) is 0 Å². The zero-order valence-corrected chi connectivity index (χ0v) is 16.9. The van der Waals surface area contributed by atoms with Gasteiger partial charge in [0.05, 0.1) is 20.3 Å². The van der Waals surface area contributed by atoms with Gasteiger partial charge in [0.2, 0.25) is 5.91 Å². The summed E-state index contributed by atoms with van der Waals surface area (Å²) in [6, 6.07) is 8.12. The highest BCUT2D eigenvalue weighted by Gasteiger charge is 2.34. The summed E-state index contributed by atoms with van der Waals surface area (Å²) in [4.78, 5) is 24.0. The lowest BCUT2D eigenvalue weighted by atomic mass is 9.96. The van der Waals surface area contributed by atoms with E-state index in [1.54, 1.807) is 14.0 Å². The molecule has 1 unspecified atom stereocenters. The van der Waals surface area contributed by atoms with E-state index < -0.39 is 0 Å². The van der Waals surface area contributed by atoms with Gasteiger partial charge >= 0.3 is 5.97 Å². The number of nitrogens with one attached hydrogen (secondary N) is 1. The van der Waals surface area contributed by atoms with E-state index in [4.69, 9.17) is 9.47 Å². The Bertz CT molecular complexity index is 904. The number of carbonyl (C=O) groups is 2. The molecule has 1 fully saturated rings. The topological polar surface area (TPSA) is 82.4 Å². The standard InChI is InChI=1S/C22H27N3O4/c1-3-29-22(27)21-18-11-15(10-16-6-9-20(26)23-16)12-19(18)25(24-21)13-14-4-7-17(28-2)8-5-14/h4-5,7-8,15-16H,3,6,9-13H2,1-2H3,(H,23,26)/t15?,16-/m0/s1. The molecule has 29 heavy (non-hydrogen) atoms. The first-order valence-electron chi connectivity index (χ1n) is 10.2. The molecule has 1 aliphatic carbocycles. The second-order valence-corrected chi connectivity index (χ2v) is 7.81. The highest BCUT2D eigenvalue weighted by Crippen LogP contribution is 2.34. The molecule has 1 aliphatic heterocycles. The first-order valence-corrected chi connectivity index (χ1v) is 10.2. The molecular formula is C22H27N3O4. The Kier molecular flexibility index (Phi) is 5.56. The van der Waals surface area contributed by atoms with Crippen molar-refractivity contribution >= 4 is 11.9 Å². The minimum atomic E-state index is -0.355. The first-order chi connectivity index (χ1) is 14.1. The second kappa shape index (κ2) is 8.27. The number of aromatic nitrogens is 2. The van der Waals surface area contributed by atoms with Gasteiger partial charge in [-0.3, -0.25) is 9.48 Å². The van der Waals surface area contributed by atoms with Crippen LogP contribution in [0.3, 0.4) is 0 Å². The van der Waals surface area contributed by atoms with Gasteiger partial charge in [0, 0.05) is 23.7 Å². The number of benzene rings is 1. The molecule has 0 radical (unpaired) electrons. The summed E-state index contributed by atoms with van der Waals surface area (Å²) in [6.45, 7) is 2.73. The van der Waals surface area contributed by atoms with E-state index in [-0.39, 0.29) is 17.9 Å². The van der Waals surface area contributed by atoms with Crippen LogP contribution in [-0.4, -0.2) is 41.4 Å². The molecule has 7 nitrogen and oxygen atoms in total. The van der Waals surface area contributed by atoms with E-state index in [0.717, 1.165) is 48.3 Å². The quantitative estimate of drug-likeness (QED) is 0.726. The van der Waals surface area contributed by atoms with Gasteiger partial charge in [-0.2, -0.15) is 5.10 Å². The number of hydrogen-bond acceptors (Lipinski definition) is 5. The fraction of sp³-hybridized carbons (Fsp3) is 0.500. The molecule has 0 bridgehead atoms. The molecule has 2 atom stereocenters. The van der Waals surface area contributed by atoms with Gasteiger partial charge in [-0.05, 0) is 56.2 Å². The molecule has 0 saturated carbocycles. The molecule has 1 saturated heterocycles. The zero-order chi connectivity index (χ0) is 20.4. The number of amides is 1. The van der Waals surface area contributed by atoms with Crippen LogP contribution in [0.5, 0.6) is 5.75 Å². The summed E-state index contributed by atoms with van der Waals surface area (Å²) in [7, 11) is 1.65. The Morgan fingerprint density at radius 2 is 2.07 bits per heavy atom. The van der Waals surface area contributed by atoms with Crippen LogP contribution >= 0.6 is 0 Å². The van der Waals surface area contributed by atoms with Gasteiger partial charge < -0.3 is 14.8 Å². The third kappa shape index (κ3) is 4.13. The molecule has 4 rings (SSSR count). The van der Waals surface area contributed by atoms with Crippen LogP contribution in [0.25, 0.3) is 0 Å². The van der Waals surface area contributed by atoms with Crippen LogP contribution in [-0.2, 0) is 28.9 Å². The molecule has 154 valence electrons. The summed E-state index contributed by atoms with van der Waals surface area (Å²) >= 11 is 0. The number of esters is 1. The average Bonchev–Trinajstić information content (AvgIpc) is 3.39. The van der Waals surface area contributed by atoms with Crippen molar-refractivity contribution in [3.8, 4) is 5.75 Å². The molecule has 1 aromatic carbocycles. The predicted octanol–water partition coefficient (Wildman–Crippen LogP) is 2.50. The molecule has 2 aromatic rings. The van der Waals surface area contributed by atoms with Crippen molar-refractivity contribution in [1.29, 1.82) is 0 Å². The minimum absolute atomic E-state index is 0.142. The van der Waals surface area contributed by atoms with Gasteiger partial charge in [0.25, 0.3) is 0 Å². The lowest BCUT2D eigenvalue weighted by Crippen LogP contribution is -2.28. The van der Waals surface area contributed by atoms with E-state index >= 15 is 0 Å². The van der Waals surface area contributed by atoms with Crippen molar-refractivity contribution in [2.24, 2.45) is 5.92 Å². The van der Waals surface area contributed by atoms with Gasteiger partial charge in [-0.25, -0.2) is 4.79 Å². The number of methoxy groups -OCH3 is 1. The Labute approximate surface area is 170 Å². The maximum absolute atomic E-state index is 12.5. The molecular weight excluding hydrogens is 370 g/mol. The Morgan fingerprint density at radius 1 is 1.28 bits per heavy atom. The molecule has 1 amide bonds. The normalized spacial score (nSPS) is 20.4. The Balaban J connectivity index is 1.55. The van der Waals surface area contributed by atoms with Gasteiger partial charge in [-0.15, -0.1) is 0 Å². The lowest BCUT2D eigenvalue weighted by Gasteiger charge is -2.16. The predicted molar refractivity (Wildman–Crippen MR) is 107 cm³/mol. The highest BCUT2D eigenvalue weighted by atomic mass is 16.5. The average molecular weight is 397 g/mol. The zero-order valence-electron chi connectivity index (χ0n) is 16.9. The van der Waals surface area contributed by atoms with E-state index in [0.29, 0.717) is 31.2 Å². The van der Waals surface area contributed by atoms with Crippen LogP contribution in [0.4, 0.5) is 0 Å². The van der Waals surface area contributed by atoms with Crippen LogP contribution in [0, 0.1) is 5.92 Å². The van der Waals surface area contributed by atoms with Gasteiger partial charge in [0.1, 0.15) is 5.75 Å². The molecule has 7 heteroatoms. The molecule has 1 aromatic heterocycles. The third-order valence-corrected chi connectivity index (χ3v) is 5.80. The van der Waals surface area contributed by atoms with Gasteiger partial charge in [-0.1, -0.05) is 12.1 Å². The van der Waals surface area contributed by atoms with Crippen LogP contribution in [0.2, 0.25) is 0 Å². The van der Waals surface area contributed by atoms with Crippen molar-refractivity contribution < 1.29 is 19.1 Å². The number of carbonyl (C=O) groups excluding carboxylic acids is 2. The van der Waals surface area contributed by atoms with Crippen molar-refractivity contribution in [3.63, 3.8) is 0 Å². The SMILES string of the molecule is CCOC(=O)c1nn(Cc2ccc(OC)cc2)c2c1CC(C[C@@H]1CCC(=O)N1)C2. The second-order valence-electron chi connectivity index (χ2n) is 7.81. The Morgan fingerprint density at radius 3 is 2.72 bits per heavy atom. The van der Waals surface area contributed by atoms with Crippen LogP contribution in [0.1, 0.15) is 53.5 Å². The smallest absolute Gasteiger partial charge is 0.359 e. The fourth-order valence-electron chi connectivity index (χ4n) is 4.43. The van der Waals surface area contributed by atoms with Crippen molar-refractivity contribution in [1.82, 2.24) is 15.1 Å².